The van der Waals surface area contributed by atoms with Gasteiger partial charge in [0.1, 0.15) is 5.82 Å². The molecule has 1 fully saturated rings. The van der Waals surface area contributed by atoms with Crippen molar-refractivity contribution in [3.8, 4) is 0 Å². The number of morpholine rings is 1. The SMILES string of the molecule is Cc1nc(NC(C)CN2CCOCC2)ccc1N. The molecule has 1 atom stereocenters. The first-order chi connectivity index (χ1) is 8.65. The van der Waals surface area contributed by atoms with Gasteiger partial charge in [-0.3, -0.25) is 4.90 Å². The van der Waals surface area contributed by atoms with Gasteiger partial charge in [0.25, 0.3) is 0 Å². The zero-order chi connectivity index (χ0) is 13.0. The number of aryl methyl sites for hydroxylation is 1. The molecule has 0 amide bonds. The van der Waals surface area contributed by atoms with Gasteiger partial charge in [0, 0.05) is 25.7 Å². The first kappa shape index (κ1) is 13.1. The standard InChI is InChI=1S/C13H22N4O/c1-10(9-17-5-7-18-8-6-17)15-13-4-3-12(14)11(2)16-13/h3-4,10H,5-9,14H2,1-2H3,(H,15,16). The zero-order valence-electron chi connectivity index (χ0n) is 11.1. The number of hydrogen-bond donors (Lipinski definition) is 2. The lowest BCUT2D eigenvalue weighted by Gasteiger charge is -2.29. The van der Waals surface area contributed by atoms with Crippen LogP contribution in [0.2, 0.25) is 0 Å². The molecule has 1 unspecified atom stereocenters. The topological polar surface area (TPSA) is 63.4 Å². The summed E-state index contributed by atoms with van der Waals surface area (Å²) in [4.78, 5) is 6.83. The molecule has 0 saturated carbocycles. The van der Waals surface area contributed by atoms with Crippen molar-refractivity contribution < 1.29 is 4.74 Å². The maximum Gasteiger partial charge on any atom is 0.126 e. The molecule has 1 saturated heterocycles. The molecule has 0 bridgehead atoms. The van der Waals surface area contributed by atoms with Crippen molar-refractivity contribution in [1.82, 2.24) is 9.88 Å². The van der Waals surface area contributed by atoms with Crippen molar-refractivity contribution in [1.29, 1.82) is 0 Å². The number of aromatic nitrogens is 1. The number of pyridine rings is 1. The Morgan fingerprint density at radius 3 is 2.83 bits per heavy atom. The van der Waals surface area contributed by atoms with Crippen LogP contribution in [0.4, 0.5) is 11.5 Å². The minimum absolute atomic E-state index is 0.360. The van der Waals surface area contributed by atoms with E-state index in [1.165, 1.54) is 0 Å². The van der Waals surface area contributed by atoms with Crippen LogP contribution in [0.1, 0.15) is 12.6 Å². The molecule has 2 heterocycles. The molecule has 0 radical (unpaired) electrons. The second kappa shape index (κ2) is 6.02. The lowest BCUT2D eigenvalue weighted by Crippen LogP contribution is -2.42. The highest BCUT2D eigenvalue weighted by molar-refractivity contribution is 5.49. The van der Waals surface area contributed by atoms with E-state index in [4.69, 9.17) is 10.5 Å². The quantitative estimate of drug-likeness (QED) is 0.838. The summed E-state index contributed by atoms with van der Waals surface area (Å²) in [5, 5.41) is 3.41. The van der Waals surface area contributed by atoms with Crippen LogP contribution in [-0.2, 0) is 4.74 Å². The Morgan fingerprint density at radius 1 is 1.44 bits per heavy atom. The summed E-state index contributed by atoms with van der Waals surface area (Å²) in [6, 6.07) is 4.18. The molecular formula is C13H22N4O. The molecule has 1 aromatic heterocycles. The van der Waals surface area contributed by atoms with Crippen LogP contribution in [0.5, 0.6) is 0 Å². The predicted octanol–water partition coefficient (Wildman–Crippen LogP) is 1.10. The number of anilines is 2. The van der Waals surface area contributed by atoms with Crippen molar-refractivity contribution in [2.75, 3.05) is 43.9 Å². The number of nitrogen functional groups attached to an aromatic ring is 1. The fourth-order valence-corrected chi connectivity index (χ4v) is 2.12. The molecule has 1 aliphatic heterocycles. The molecule has 0 aliphatic carbocycles. The van der Waals surface area contributed by atoms with Crippen LogP contribution in [0.25, 0.3) is 0 Å². The Balaban J connectivity index is 1.85. The number of rotatable bonds is 4. The highest BCUT2D eigenvalue weighted by atomic mass is 16.5. The van der Waals surface area contributed by atoms with E-state index in [0.717, 1.165) is 50.0 Å². The maximum absolute atomic E-state index is 5.76. The van der Waals surface area contributed by atoms with Gasteiger partial charge in [-0.1, -0.05) is 0 Å². The molecule has 5 heteroatoms. The van der Waals surface area contributed by atoms with Gasteiger partial charge in [-0.05, 0) is 26.0 Å². The first-order valence-corrected chi connectivity index (χ1v) is 6.45. The molecule has 1 aliphatic rings. The van der Waals surface area contributed by atoms with Crippen molar-refractivity contribution in [3.05, 3.63) is 17.8 Å². The second-order valence-corrected chi connectivity index (χ2v) is 4.83. The van der Waals surface area contributed by atoms with Crippen LogP contribution in [-0.4, -0.2) is 48.8 Å². The van der Waals surface area contributed by atoms with Crippen LogP contribution >= 0.6 is 0 Å². The van der Waals surface area contributed by atoms with Gasteiger partial charge in [0.15, 0.2) is 0 Å². The summed E-state index contributed by atoms with van der Waals surface area (Å²) >= 11 is 0. The van der Waals surface area contributed by atoms with E-state index in [0.29, 0.717) is 6.04 Å². The van der Waals surface area contributed by atoms with Gasteiger partial charge in [0.05, 0.1) is 24.6 Å². The third kappa shape index (κ3) is 3.58. The predicted molar refractivity (Wildman–Crippen MR) is 73.7 cm³/mol. The molecule has 0 aromatic carbocycles. The minimum Gasteiger partial charge on any atom is -0.397 e. The van der Waals surface area contributed by atoms with E-state index in [2.05, 4.69) is 22.1 Å². The van der Waals surface area contributed by atoms with E-state index in [1.807, 2.05) is 19.1 Å². The van der Waals surface area contributed by atoms with Crippen LogP contribution in [0, 0.1) is 6.92 Å². The van der Waals surface area contributed by atoms with Crippen LogP contribution in [0.15, 0.2) is 12.1 Å². The smallest absolute Gasteiger partial charge is 0.126 e. The van der Waals surface area contributed by atoms with E-state index in [-0.39, 0.29) is 0 Å². The van der Waals surface area contributed by atoms with E-state index in [9.17, 15) is 0 Å². The van der Waals surface area contributed by atoms with Crippen LogP contribution in [0.3, 0.4) is 0 Å². The average Bonchev–Trinajstić information content (AvgIpc) is 2.35. The summed E-state index contributed by atoms with van der Waals surface area (Å²) in [6.45, 7) is 8.81. The Hall–Kier alpha value is -1.33. The lowest BCUT2D eigenvalue weighted by molar-refractivity contribution is 0.0368. The van der Waals surface area contributed by atoms with E-state index < -0.39 is 0 Å². The Bertz CT molecular complexity index is 391. The number of ether oxygens (including phenoxy) is 1. The van der Waals surface area contributed by atoms with E-state index >= 15 is 0 Å². The Labute approximate surface area is 108 Å². The number of nitrogens with two attached hydrogens (primary N) is 1. The summed E-state index contributed by atoms with van der Waals surface area (Å²) in [6.07, 6.45) is 0. The van der Waals surface area contributed by atoms with Crippen molar-refractivity contribution in [2.45, 2.75) is 19.9 Å². The third-order valence-corrected chi connectivity index (χ3v) is 3.16. The van der Waals surface area contributed by atoms with Gasteiger partial charge in [-0.2, -0.15) is 0 Å². The Kier molecular flexibility index (Phi) is 4.38. The summed E-state index contributed by atoms with van der Waals surface area (Å²) < 4.78 is 5.34. The normalized spacial score (nSPS) is 18.6. The summed E-state index contributed by atoms with van der Waals surface area (Å²) in [5.41, 5.74) is 7.37. The molecule has 100 valence electrons. The highest BCUT2D eigenvalue weighted by Crippen LogP contribution is 2.13. The molecular weight excluding hydrogens is 228 g/mol. The molecule has 5 nitrogen and oxygen atoms in total. The maximum atomic E-state index is 5.76. The van der Waals surface area contributed by atoms with E-state index in [1.54, 1.807) is 0 Å². The summed E-state index contributed by atoms with van der Waals surface area (Å²) in [5.74, 6) is 0.891. The van der Waals surface area contributed by atoms with Crippen molar-refractivity contribution >= 4 is 11.5 Å². The fraction of sp³-hybridized carbons (Fsp3) is 0.615. The number of hydrogen-bond acceptors (Lipinski definition) is 5. The van der Waals surface area contributed by atoms with Crippen molar-refractivity contribution in [3.63, 3.8) is 0 Å². The van der Waals surface area contributed by atoms with Gasteiger partial charge >= 0.3 is 0 Å². The minimum atomic E-state index is 0.360. The van der Waals surface area contributed by atoms with Crippen LogP contribution < -0.4 is 11.1 Å². The fourth-order valence-electron chi connectivity index (χ4n) is 2.12. The largest absolute Gasteiger partial charge is 0.397 e. The molecule has 0 spiro atoms. The molecule has 2 rings (SSSR count). The third-order valence-electron chi connectivity index (χ3n) is 3.16. The molecule has 3 N–H and O–H groups in total. The monoisotopic (exact) mass is 250 g/mol. The van der Waals surface area contributed by atoms with Gasteiger partial charge < -0.3 is 15.8 Å². The molecule has 1 aromatic rings. The number of nitrogens with one attached hydrogen (secondary N) is 1. The highest BCUT2D eigenvalue weighted by Gasteiger charge is 2.13. The van der Waals surface area contributed by atoms with Gasteiger partial charge in [0.2, 0.25) is 0 Å². The van der Waals surface area contributed by atoms with Gasteiger partial charge in [-0.25, -0.2) is 4.98 Å². The molecule has 18 heavy (non-hydrogen) atoms. The van der Waals surface area contributed by atoms with Crippen molar-refractivity contribution in [2.24, 2.45) is 0 Å². The lowest BCUT2D eigenvalue weighted by atomic mass is 10.2. The summed E-state index contributed by atoms with van der Waals surface area (Å²) in [7, 11) is 0. The first-order valence-electron chi connectivity index (χ1n) is 6.45. The Morgan fingerprint density at radius 2 is 2.17 bits per heavy atom. The average molecular weight is 250 g/mol. The zero-order valence-corrected chi connectivity index (χ0v) is 11.1. The van der Waals surface area contributed by atoms with Gasteiger partial charge in [-0.15, -0.1) is 0 Å². The number of nitrogens with zero attached hydrogens (tertiary/aromatic N) is 2. The second-order valence-electron chi connectivity index (χ2n) is 4.83.